The molecule has 0 aliphatic heterocycles. The Balaban J connectivity index is 4.08. The zero-order valence-corrected chi connectivity index (χ0v) is 10.2. The molecule has 0 spiro atoms. The minimum absolute atomic E-state index is 0.0970. The van der Waals surface area contributed by atoms with Gasteiger partial charge in [0, 0.05) is 12.2 Å². The fourth-order valence-electron chi connectivity index (χ4n) is 1.01. The molecule has 0 aliphatic rings. The molecule has 0 rings (SSSR count). The predicted molar refractivity (Wildman–Crippen MR) is 64.7 cm³/mol. The number of carboxylic acid groups (broad SMARTS) is 1. The van der Waals surface area contributed by atoms with Crippen molar-refractivity contribution in [1.29, 1.82) is 0 Å². The van der Waals surface area contributed by atoms with Crippen LogP contribution in [0.1, 0.15) is 12.8 Å². The molecule has 5 N–H and O–H groups in total. The van der Waals surface area contributed by atoms with Crippen LogP contribution in [0.15, 0.2) is 0 Å². The van der Waals surface area contributed by atoms with E-state index < -0.39 is 24.5 Å². The Morgan fingerprint density at radius 3 is 2.47 bits per heavy atom. The summed E-state index contributed by atoms with van der Waals surface area (Å²) < 4.78 is 0. The Hall–Kier alpha value is -1.28. The fraction of sp³-hybridized carbons (Fsp3) is 0.667. The monoisotopic (exact) mass is 263 g/mol. The maximum absolute atomic E-state index is 11.4. The fourth-order valence-corrected chi connectivity index (χ4v) is 1.27. The Morgan fingerprint density at radius 2 is 2.00 bits per heavy atom. The van der Waals surface area contributed by atoms with Gasteiger partial charge in [0.25, 0.3) is 0 Å². The molecule has 0 aromatic heterocycles. The first-order valence-electron chi connectivity index (χ1n) is 5.11. The van der Waals surface area contributed by atoms with Gasteiger partial charge >= 0.3 is 5.97 Å². The summed E-state index contributed by atoms with van der Waals surface area (Å²) in [6.07, 6.45) is 0.759. The number of nitrogens with one attached hydrogen (secondary N) is 2. The maximum Gasteiger partial charge on any atom is 0.322 e. The van der Waals surface area contributed by atoms with Crippen LogP contribution in [0.25, 0.3) is 0 Å². The summed E-state index contributed by atoms with van der Waals surface area (Å²) >= 11 is 3.92. The number of rotatable bonds is 8. The highest BCUT2D eigenvalue weighted by molar-refractivity contribution is 7.80. The number of nitrogens with two attached hydrogens (primary N) is 1. The van der Waals surface area contributed by atoms with Gasteiger partial charge in [0.15, 0.2) is 0 Å². The highest BCUT2D eigenvalue weighted by Gasteiger charge is 2.19. The molecule has 0 bridgehead atoms. The van der Waals surface area contributed by atoms with Crippen molar-refractivity contribution in [2.75, 3.05) is 18.8 Å². The van der Waals surface area contributed by atoms with Gasteiger partial charge in [-0.25, -0.2) is 0 Å². The lowest BCUT2D eigenvalue weighted by atomic mass is 10.2. The average molecular weight is 263 g/mol. The summed E-state index contributed by atoms with van der Waals surface area (Å²) in [7, 11) is 0. The number of thiol groups is 1. The molecule has 1 atom stereocenters. The molecular weight excluding hydrogens is 246 g/mol. The minimum atomic E-state index is -1.15. The first-order valence-corrected chi connectivity index (χ1v) is 5.74. The van der Waals surface area contributed by atoms with Gasteiger partial charge in [-0.3, -0.25) is 14.4 Å². The van der Waals surface area contributed by atoms with E-state index >= 15 is 0 Å². The molecule has 0 saturated carbocycles. The maximum atomic E-state index is 11.4. The molecule has 8 heteroatoms. The van der Waals surface area contributed by atoms with Crippen LogP contribution in [0.4, 0.5) is 0 Å². The zero-order chi connectivity index (χ0) is 13.3. The van der Waals surface area contributed by atoms with Gasteiger partial charge in [-0.2, -0.15) is 12.6 Å². The second kappa shape index (κ2) is 8.82. The molecule has 0 radical (unpaired) electrons. The van der Waals surface area contributed by atoms with Crippen molar-refractivity contribution in [2.45, 2.75) is 18.9 Å². The van der Waals surface area contributed by atoms with Gasteiger partial charge in [0.05, 0.1) is 0 Å². The number of amides is 2. The molecule has 17 heavy (non-hydrogen) atoms. The predicted octanol–water partition coefficient (Wildman–Crippen LogP) is -1.66. The second-order valence-corrected chi connectivity index (χ2v) is 3.67. The Morgan fingerprint density at radius 1 is 1.35 bits per heavy atom. The number of carbonyl (C=O) groups excluding carboxylic acids is 2. The van der Waals surface area contributed by atoms with E-state index in [9.17, 15) is 14.4 Å². The lowest BCUT2D eigenvalue weighted by molar-refractivity contribution is -0.138. The Labute approximate surface area is 105 Å². The van der Waals surface area contributed by atoms with Crippen LogP contribution >= 0.6 is 12.6 Å². The SMILES string of the molecule is NCCCC(=O)N[C@@H](CS)C(=O)NCC(=O)O. The van der Waals surface area contributed by atoms with Crippen LogP contribution in [0.5, 0.6) is 0 Å². The number of carbonyl (C=O) groups is 3. The Bertz CT molecular complexity index is 285. The van der Waals surface area contributed by atoms with Gasteiger partial charge in [-0.05, 0) is 13.0 Å². The van der Waals surface area contributed by atoms with Crippen molar-refractivity contribution in [2.24, 2.45) is 5.73 Å². The summed E-state index contributed by atoms with van der Waals surface area (Å²) in [5.41, 5.74) is 5.24. The van der Waals surface area contributed by atoms with Gasteiger partial charge in [0.2, 0.25) is 11.8 Å². The molecule has 0 aromatic rings. The number of hydrogen-bond donors (Lipinski definition) is 5. The van der Waals surface area contributed by atoms with Crippen molar-refractivity contribution in [3.8, 4) is 0 Å². The van der Waals surface area contributed by atoms with Crippen molar-refractivity contribution in [1.82, 2.24) is 10.6 Å². The summed E-state index contributed by atoms with van der Waals surface area (Å²) in [5, 5.41) is 13.0. The first kappa shape index (κ1) is 15.7. The lowest BCUT2D eigenvalue weighted by Gasteiger charge is -2.15. The van der Waals surface area contributed by atoms with Crippen LogP contribution in [0, 0.1) is 0 Å². The molecule has 0 saturated heterocycles. The number of aliphatic carboxylic acids is 1. The third-order valence-corrected chi connectivity index (χ3v) is 2.22. The largest absolute Gasteiger partial charge is 0.480 e. The molecule has 0 fully saturated rings. The van der Waals surface area contributed by atoms with Crippen LogP contribution in [0.3, 0.4) is 0 Å². The van der Waals surface area contributed by atoms with Crippen molar-refractivity contribution in [3.05, 3.63) is 0 Å². The number of hydrogen-bond acceptors (Lipinski definition) is 5. The topological polar surface area (TPSA) is 122 Å². The van der Waals surface area contributed by atoms with E-state index in [1.807, 2.05) is 0 Å². The van der Waals surface area contributed by atoms with E-state index in [1.54, 1.807) is 0 Å². The summed E-state index contributed by atoms with van der Waals surface area (Å²) in [6.45, 7) is -0.0913. The Kier molecular flexibility index (Phi) is 8.16. The lowest BCUT2D eigenvalue weighted by Crippen LogP contribution is -2.49. The third kappa shape index (κ3) is 7.58. The van der Waals surface area contributed by atoms with Gasteiger partial charge in [0.1, 0.15) is 12.6 Å². The molecule has 0 heterocycles. The normalized spacial score (nSPS) is 11.6. The first-order chi connectivity index (χ1) is 8.01. The van der Waals surface area contributed by atoms with E-state index in [4.69, 9.17) is 10.8 Å². The van der Waals surface area contributed by atoms with Crippen LogP contribution in [-0.2, 0) is 14.4 Å². The van der Waals surface area contributed by atoms with E-state index in [2.05, 4.69) is 23.3 Å². The zero-order valence-electron chi connectivity index (χ0n) is 9.31. The van der Waals surface area contributed by atoms with E-state index in [1.165, 1.54) is 0 Å². The van der Waals surface area contributed by atoms with Crippen LogP contribution in [0.2, 0.25) is 0 Å². The minimum Gasteiger partial charge on any atom is -0.480 e. The van der Waals surface area contributed by atoms with Crippen molar-refractivity contribution in [3.63, 3.8) is 0 Å². The highest BCUT2D eigenvalue weighted by Crippen LogP contribution is 1.92. The molecule has 0 unspecified atom stereocenters. The van der Waals surface area contributed by atoms with Crippen LogP contribution in [-0.4, -0.2) is 47.8 Å². The van der Waals surface area contributed by atoms with Crippen molar-refractivity contribution < 1.29 is 19.5 Å². The standard InChI is InChI=1S/C9H17N3O4S/c10-3-1-2-7(13)12-6(5-17)9(16)11-4-8(14)15/h6,17H,1-5,10H2,(H,11,16)(H,12,13)(H,14,15)/t6-/m0/s1. The van der Waals surface area contributed by atoms with E-state index in [-0.39, 0.29) is 18.1 Å². The number of carboxylic acids is 1. The third-order valence-electron chi connectivity index (χ3n) is 1.86. The summed E-state index contributed by atoms with van der Waals surface area (Å²) in [5.74, 6) is -1.92. The molecule has 98 valence electrons. The van der Waals surface area contributed by atoms with Gasteiger partial charge in [-0.15, -0.1) is 0 Å². The second-order valence-electron chi connectivity index (χ2n) is 3.31. The molecule has 2 amide bonds. The molecule has 0 aromatic carbocycles. The smallest absolute Gasteiger partial charge is 0.322 e. The molecule has 0 aliphatic carbocycles. The van der Waals surface area contributed by atoms with Crippen molar-refractivity contribution >= 4 is 30.4 Å². The summed E-state index contributed by atoms with van der Waals surface area (Å²) in [6, 6.07) is -0.831. The van der Waals surface area contributed by atoms with E-state index in [0.29, 0.717) is 13.0 Å². The highest BCUT2D eigenvalue weighted by atomic mass is 32.1. The van der Waals surface area contributed by atoms with Crippen LogP contribution < -0.4 is 16.4 Å². The van der Waals surface area contributed by atoms with E-state index in [0.717, 1.165) is 0 Å². The van der Waals surface area contributed by atoms with Gasteiger partial charge in [-0.1, -0.05) is 0 Å². The molecule has 7 nitrogen and oxygen atoms in total. The van der Waals surface area contributed by atoms with Gasteiger partial charge < -0.3 is 21.5 Å². The summed E-state index contributed by atoms with van der Waals surface area (Å²) in [4.78, 5) is 33.0. The average Bonchev–Trinajstić information content (AvgIpc) is 2.30. The quantitative estimate of drug-likeness (QED) is 0.336. The molecular formula is C9H17N3O4S.